The molecular weight excluding hydrogens is 252 g/mol. The molecule has 0 bridgehead atoms. The van der Waals surface area contributed by atoms with Crippen molar-refractivity contribution < 1.29 is 13.5 Å². The van der Waals surface area contributed by atoms with E-state index in [2.05, 4.69) is 4.98 Å². The first-order valence-corrected chi connectivity index (χ1v) is 5.71. The molecule has 96 valence electrons. The minimum Gasteiger partial charge on any atom is -0.365 e. The maximum Gasteiger partial charge on any atom is 0.144 e. The van der Waals surface area contributed by atoms with Crippen LogP contribution in [0.1, 0.15) is 22.9 Å². The fourth-order valence-electron chi connectivity index (χ4n) is 2.21. The predicted octanol–water partition coefficient (Wildman–Crippen LogP) is 2.15. The Hall–Kier alpha value is -2.26. The summed E-state index contributed by atoms with van der Waals surface area (Å²) in [5.41, 5.74) is 0.512. The van der Waals surface area contributed by atoms with Crippen LogP contribution in [0.25, 0.3) is 0 Å². The van der Waals surface area contributed by atoms with Gasteiger partial charge in [0.25, 0.3) is 0 Å². The third-order valence-electron chi connectivity index (χ3n) is 3.11. The van der Waals surface area contributed by atoms with E-state index in [4.69, 9.17) is 10.00 Å². The lowest BCUT2D eigenvalue weighted by Gasteiger charge is -2.25. The highest BCUT2D eigenvalue weighted by atomic mass is 19.1. The van der Waals surface area contributed by atoms with Crippen LogP contribution in [0.2, 0.25) is 0 Å². The molecule has 19 heavy (non-hydrogen) atoms. The molecule has 0 aliphatic carbocycles. The summed E-state index contributed by atoms with van der Waals surface area (Å²) in [5, 5.41) is 8.65. The van der Waals surface area contributed by atoms with E-state index in [1.165, 1.54) is 6.07 Å². The van der Waals surface area contributed by atoms with Crippen LogP contribution in [0.4, 0.5) is 8.78 Å². The van der Waals surface area contributed by atoms with E-state index < -0.39 is 23.3 Å². The van der Waals surface area contributed by atoms with Gasteiger partial charge < -0.3 is 9.30 Å². The van der Waals surface area contributed by atoms with Crippen LogP contribution in [0.15, 0.2) is 24.7 Å². The minimum absolute atomic E-state index is 0.343. The van der Waals surface area contributed by atoms with Gasteiger partial charge in [-0.3, -0.25) is 0 Å². The van der Waals surface area contributed by atoms with Crippen molar-refractivity contribution in [3.05, 3.63) is 53.1 Å². The summed E-state index contributed by atoms with van der Waals surface area (Å²) in [6.45, 7) is 1.10. The van der Waals surface area contributed by atoms with Crippen LogP contribution < -0.4 is 0 Å². The van der Waals surface area contributed by atoms with Crippen molar-refractivity contribution in [1.29, 1.82) is 5.26 Å². The first-order chi connectivity index (χ1) is 9.20. The van der Waals surface area contributed by atoms with E-state index in [0.717, 1.165) is 17.8 Å². The predicted molar refractivity (Wildman–Crippen MR) is 61.1 cm³/mol. The zero-order valence-corrected chi connectivity index (χ0v) is 9.81. The zero-order chi connectivity index (χ0) is 13.4. The number of imidazole rings is 1. The van der Waals surface area contributed by atoms with E-state index in [-0.39, 0.29) is 0 Å². The minimum atomic E-state index is -0.877. The lowest BCUT2D eigenvalue weighted by molar-refractivity contribution is 0.0461. The summed E-state index contributed by atoms with van der Waals surface area (Å²) < 4.78 is 34.7. The van der Waals surface area contributed by atoms with E-state index in [9.17, 15) is 8.78 Å². The Kier molecular flexibility index (Phi) is 2.76. The SMILES string of the molecule is N#Cc1c(F)cc(C2OCCn3cncc32)cc1F. The van der Waals surface area contributed by atoms with Gasteiger partial charge in [-0.25, -0.2) is 13.8 Å². The van der Waals surface area contributed by atoms with Gasteiger partial charge in [0, 0.05) is 6.54 Å². The fraction of sp³-hybridized carbons (Fsp3) is 0.231. The lowest BCUT2D eigenvalue weighted by atomic mass is 10.0. The van der Waals surface area contributed by atoms with Crippen molar-refractivity contribution in [2.75, 3.05) is 6.61 Å². The molecule has 1 aliphatic heterocycles. The summed E-state index contributed by atoms with van der Waals surface area (Å²) in [4.78, 5) is 4.00. The number of rotatable bonds is 1. The van der Waals surface area contributed by atoms with Crippen molar-refractivity contribution in [3.8, 4) is 6.07 Å². The Labute approximate surface area is 107 Å². The molecule has 1 aromatic carbocycles. The molecule has 0 fully saturated rings. The molecule has 1 unspecified atom stereocenters. The molecule has 0 spiro atoms. The second kappa shape index (κ2) is 4.44. The number of nitrogens with zero attached hydrogens (tertiary/aromatic N) is 3. The Balaban J connectivity index is 2.08. The number of nitriles is 1. The van der Waals surface area contributed by atoms with Crippen molar-refractivity contribution >= 4 is 0 Å². The van der Waals surface area contributed by atoms with Crippen molar-refractivity contribution in [2.24, 2.45) is 0 Å². The topological polar surface area (TPSA) is 50.8 Å². The molecule has 0 saturated heterocycles. The smallest absolute Gasteiger partial charge is 0.144 e. The molecule has 4 nitrogen and oxygen atoms in total. The maximum atomic E-state index is 13.6. The van der Waals surface area contributed by atoms with Gasteiger partial charge in [-0.05, 0) is 17.7 Å². The molecule has 1 atom stereocenters. The van der Waals surface area contributed by atoms with Gasteiger partial charge in [-0.2, -0.15) is 5.26 Å². The Morgan fingerprint density at radius 3 is 2.79 bits per heavy atom. The highest BCUT2D eigenvalue weighted by molar-refractivity contribution is 5.38. The summed E-state index contributed by atoms with van der Waals surface area (Å²) in [5.74, 6) is -1.75. The molecule has 0 saturated carbocycles. The first kappa shape index (κ1) is 11.8. The Morgan fingerprint density at radius 2 is 2.11 bits per heavy atom. The van der Waals surface area contributed by atoms with Crippen LogP contribution in [0, 0.1) is 23.0 Å². The molecule has 1 aliphatic rings. The van der Waals surface area contributed by atoms with Crippen LogP contribution in [-0.2, 0) is 11.3 Å². The largest absolute Gasteiger partial charge is 0.365 e. The van der Waals surface area contributed by atoms with Crippen LogP contribution in [0.5, 0.6) is 0 Å². The molecule has 2 aromatic rings. The first-order valence-electron chi connectivity index (χ1n) is 5.71. The summed E-state index contributed by atoms with van der Waals surface area (Å²) in [6, 6.07) is 3.77. The zero-order valence-electron chi connectivity index (χ0n) is 9.81. The van der Waals surface area contributed by atoms with Gasteiger partial charge in [0.15, 0.2) is 0 Å². The average molecular weight is 261 g/mol. The maximum absolute atomic E-state index is 13.6. The number of fused-ring (bicyclic) bond motifs is 1. The van der Waals surface area contributed by atoms with Crippen molar-refractivity contribution in [2.45, 2.75) is 12.6 Å². The number of hydrogen-bond acceptors (Lipinski definition) is 3. The number of ether oxygens (including phenoxy) is 1. The standard InChI is InChI=1S/C13H9F2N3O/c14-10-3-8(4-11(15)9(10)5-16)13-12-6-17-7-18(12)1-2-19-13/h3-4,6-7,13H,1-2H2. The normalized spacial score (nSPS) is 17.8. The van der Waals surface area contributed by atoms with Gasteiger partial charge in [0.2, 0.25) is 0 Å². The molecule has 1 aromatic heterocycles. The van der Waals surface area contributed by atoms with Gasteiger partial charge in [-0.1, -0.05) is 0 Å². The molecule has 0 radical (unpaired) electrons. The number of aromatic nitrogens is 2. The summed E-state index contributed by atoms with van der Waals surface area (Å²) in [6.07, 6.45) is 2.70. The van der Waals surface area contributed by atoms with Crippen LogP contribution >= 0.6 is 0 Å². The number of benzene rings is 1. The highest BCUT2D eigenvalue weighted by Gasteiger charge is 2.25. The third-order valence-corrected chi connectivity index (χ3v) is 3.11. The Bertz CT molecular complexity index is 652. The molecule has 3 rings (SSSR count). The van der Waals surface area contributed by atoms with E-state index in [0.29, 0.717) is 18.7 Å². The summed E-state index contributed by atoms with van der Waals surface area (Å²) >= 11 is 0. The van der Waals surface area contributed by atoms with Crippen LogP contribution in [-0.4, -0.2) is 16.2 Å². The molecule has 0 N–H and O–H groups in total. The van der Waals surface area contributed by atoms with Gasteiger partial charge in [-0.15, -0.1) is 0 Å². The molecule has 6 heteroatoms. The highest BCUT2D eigenvalue weighted by Crippen LogP contribution is 2.30. The van der Waals surface area contributed by atoms with Crippen molar-refractivity contribution in [3.63, 3.8) is 0 Å². The van der Waals surface area contributed by atoms with Gasteiger partial charge in [0.1, 0.15) is 29.4 Å². The van der Waals surface area contributed by atoms with Gasteiger partial charge >= 0.3 is 0 Å². The van der Waals surface area contributed by atoms with Gasteiger partial charge in [0.05, 0.1) is 24.8 Å². The number of hydrogen-bond donors (Lipinski definition) is 0. The Morgan fingerprint density at radius 1 is 1.37 bits per heavy atom. The van der Waals surface area contributed by atoms with E-state index >= 15 is 0 Å². The lowest BCUT2D eigenvalue weighted by Crippen LogP contribution is -2.21. The van der Waals surface area contributed by atoms with Crippen LogP contribution in [0.3, 0.4) is 0 Å². The summed E-state index contributed by atoms with van der Waals surface area (Å²) in [7, 11) is 0. The average Bonchev–Trinajstić information content (AvgIpc) is 2.86. The second-order valence-electron chi connectivity index (χ2n) is 4.23. The molecule has 0 amide bonds. The monoisotopic (exact) mass is 261 g/mol. The van der Waals surface area contributed by atoms with E-state index in [1.807, 2.05) is 4.57 Å². The van der Waals surface area contributed by atoms with E-state index in [1.54, 1.807) is 12.5 Å². The molecular formula is C13H9F2N3O. The van der Waals surface area contributed by atoms with Crippen molar-refractivity contribution in [1.82, 2.24) is 9.55 Å². The quantitative estimate of drug-likeness (QED) is 0.790. The second-order valence-corrected chi connectivity index (χ2v) is 4.23. The fourth-order valence-corrected chi connectivity index (χ4v) is 2.21. The molecule has 2 heterocycles. The third kappa shape index (κ3) is 1.88. The number of halogens is 2.